The van der Waals surface area contributed by atoms with Crippen LogP contribution in [0.1, 0.15) is 39.4 Å². The summed E-state index contributed by atoms with van der Waals surface area (Å²) in [6.45, 7) is 6.73. The molecule has 1 rings (SSSR count). The molecule has 0 fully saturated rings. The third kappa shape index (κ3) is 4.28. The van der Waals surface area contributed by atoms with Crippen LogP contribution in [0.5, 0.6) is 0 Å². The first-order valence-corrected chi connectivity index (χ1v) is 6.18. The molecule has 1 atom stereocenters. The fourth-order valence-corrected chi connectivity index (χ4v) is 1.62. The Labute approximate surface area is 99.6 Å². The summed E-state index contributed by atoms with van der Waals surface area (Å²) in [7, 11) is 1.79. The number of hydrogen-bond acceptors (Lipinski definition) is 3. The number of nitrogens with zero attached hydrogens (tertiary/aromatic N) is 4. The monoisotopic (exact) mass is 274 g/mol. The lowest BCUT2D eigenvalue weighted by Crippen LogP contribution is -2.20. The highest BCUT2D eigenvalue weighted by Gasteiger charge is 2.21. The molecule has 1 aromatic rings. The highest BCUT2D eigenvalue weighted by atomic mass is 79.9. The lowest BCUT2D eigenvalue weighted by atomic mass is 9.89. The van der Waals surface area contributed by atoms with Crippen molar-refractivity contribution in [2.75, 3.05) is 0 Å². The van der Waals surface area contributed by atoms with Crippen LogP contribution < -0.4 is 0 Å². The summed E-state index contributed by atoms with van der Waals surface area (Å²) >= 11 is 3.72. The molecule has 0 N–H and O–H groups in total. The smallest absolute Gasteiger partial charge is 0.167 e. The summed E-state index contributed by atoms with van der Waals surface area (Å²) in [4.78, 5) is 2.05. The summed E-state index contributed by atoms with van der Waals surface area (Å²) in [6, 6.07) is 0. The van der Waals surface area contributed by atoms with Crippen LogP contribution in [0, 0.1) is 5.41 Å². The number of halogens is 1. The minimum atomic E-state index is 0.315. The fraction of sp³-hybridized carbons (Fsp3) is 0.900. The third-order valence-electron chi connectivity index (χ3n) is 2.35. The molecule has 1 unspecified atom stereocenters. The van der Waals surface area contributed by atoms with Crippen LogP contribution in [0.4, 0.5) is 0 Å². The molecule has 15 heavy (non-hydrogen) atoms. The highest BCUT2D eigenvalue weighted by Crippen LogP contribution is 2.29. The van der Waals surface area contributed by atoms with E-state index in [1.54, 1.807) is 7.05 Å². The molecule has 0 radical (unpaired) electrons. The van der Waals surface area contributed by atoms with Gasteiger partial charge in [-0.2, -0.15) is 4.80 Å². The van der Waals surface area contributed by atoms with E-state index in [4.69, 9.17) is 0 Å². The zero-order valence-corrected chi connectivity index (χ0v) is 11.5. The van der Waals surface area contributed by atoms with E-state index in [1.807, 2.05) is 0 Å². The Hall–Kier alpha value is -0.450. The van der Waals surface area contributed by atoms with Gasteiger partial charge in [0.15, 0.2) is 5.82 Å². The number of rotatable bonds is 4. The van der Waals surface area contributed by atoms with E-state index in [2.05, 4.69) is 52.1 Å². The van der Waals surface area contributed by atoms with Crippen molar-refractivity contribution < 1.29 is 0 Å². The predicted molar refractivity (Wildman–Crippen MR) is 63.9 cm³/mol. The second-order valence-corrected chi connectivity index (χ2v) is 6.03. The van der Waals surface area contributed by atoms with Crippen molar-refractivity contribution in [1.29, 1.82) is 0 Å². The SMILES string of the molecule is Cn1nnc(CCCC(Br)C(C)(C)C)n1. The number of alkyl halides is 1. The Kier molecular flexibility index (Phi) is 4.25. The summed E-state index contributed by atoms with van der Waals surface area (Å²) in [5.74, 6) is 0.839. The maximum absolute atomic E-state index is 4.15. The summed E-state index contributed by atoms with van der Waals surface area (Å²) in [5, 5.41) is 11.9. The van der Waals surface area contributed by atoms with Gasteiger partial charge in [-0.1, -0.05) is 36.7 Å². The first kappa shape index (κ1) is 12.6. The van der Waals surface area contributed by atoms with Gasteiger partial charge in [-0.15, -0.1) is 10.2 Å². The number of tetrazole rings is 1. The highest BCUT2D eigenvalue weighted by molar-refractivity contribution is 9.09. The van der Waals surface area contributed by atoms with Crippen molar-refractivity contribution >= 4 is 15.9 Å². The van der Waals surface area contributed by atoms with Crippen molar-refractivity contribution in [3.8, 4) is 0 Å². The number of aromatic nitrogens is 4. The van der Waals surface area contributed by atoms with Crippen molar-refractivity contribution in [1.82, 2.24) is 20.2 Å². The molecule has 0 amide bonds. The zero-order valence-electron chi connectivity index (χ0n) is 9.87. The van der Waals surface area contributed by atoms with Crippen LogP contribution in [0.3, 0.4) is 0 Å². The van der Waals surface area contributed by atoms with Crippen molar-refractivity contribution in [3.63, 3.8) is 0 Å². The Morgan fingerprint density at radius 2 is 2.07 bits per heavy atom. The maximum atomic E-state index is 4.15. The topological polar surface area (TPSA) is 43.6 Å². The number of hydrogen-bond donors (Lipinski definition) is 0. The van der Waals surface area contributed by atoms with Gasteiger partial charge < -0.3 is 0 Å². The normalized spacial score (nSPS) is 14.2. The molecule has 0 aliphatic carbocycles. The van der Waals surface area contributed by atoms with Gasteiger partial charge in [-0.05, 0) is 23.5 Å². The van der Waals surface area contributed by atoms with Crippen molar-refractivity contribution in [2.45, 2.75) is 44.9 Å². The van der Waals surface area contributed by atoms with E-state index >= 15 is 0 Å². The van der Waals surface area contributed by atoms with E-state index in [0.717, 1.165) is 25.1 Å². The Morgan fingerprint density at radius 3 is 2.53 bits per heavy atom. The van der Waals surface area contributed by atoms with Crippen LogP contribution in [-0.2, 0) is 13.5 Å². The predicted octanol–water partition coefficient (Wildman–Crippen LogP) is 2.34. The average molecular weight is 275 g/mol. The van der Waals surface area contributed by atoms with Gasteiger partial charge in [0.1, 0.15) is 0 Å². The minimum absolute atomic E-state index is 0.315. The van der Waals surface area contributed by atoms with Crippen LogP contribution in [-0.4, -0.2) is 25.0 Å². The van der Waals surface area contributed by atoms with Gasteiger partial charge in [-0.3, -0.25) is 0 Å². The molecule has 1 aromatic heterocycles. The maximum Gasteiger partial charge on any atom is 0.174 e. The van der Waals surface area contributed by atoms with Crippen LogP contribution >= 0.6 is 15.9 Å². The first-order valence-electron chi connectivity index (χ1n) is 5.26. The van der Waals surface area contributed by atoms with Gasteiger partial charge in [0.05, 0.1) is 7.05 Å². The van der Waals surface area contributed by atoms with Gasteiger partial charge in [-0.25, -0.2) is 0 Å². The van der Waals surface area contributed by atoms with Crippen molar-refractivity contribution in [3.05, 3.63) is 5.82 Å². The molecule has 4 nitrogen and oxygen atoms in total. The van der Waals surface area contributed by atoms with Gasteiger partial charge >= 0.3 is 0 Å². The van der Waals surface area contributed by atoms with Gasteiger partial charge in [0, 0.05) is 11.2 Å². The fourth-order valence-electron chi connectivity index (χ4n) is 1.30. The lowest BCUT2D eigenvalue weighted by molar-refractivity contribution is 0.379. The largest absolute Gasteiger partial charge is 0.174 e. The third-order valence-corrected chi connectivity index (χ3v) is 4.18. The summed E-state index contributed by atoms with van der Waals surface area (Å²) in [5.41, 5.74) is 0.315. The Bertz CT molecular complexity index is 303. The van der Waals surface area contributed by atoms with Crippen LogP contribution in [0.25, 0.3) is 0 Å². The lowest BCUT2D eigenvalue weighted by Gasteiger charge is -2.25. The van der Waals surface area contributed by atoms with E-state index in [9.17, 15) is 0 Å². The molecule has 5 heteroatoms. The molecule has 0 aliphatic rings. The second-order valence-electron chi connectivity index (χ2n) is 4.92. The molecule has 0 spiro atoms. The van der Waals surface area contributed by atoms with E-state index in [-0.39, 0.29) is 0 Å². The van der Waals surface area contributed by atoms with Crippen LogP contribution in [0.2, 0.25) is 0 Å². The molecule has 0 saturated carbocycles. The molecule has 0 aliphatic heterocycles. The van der Waals surface area contributed by atoms with E-state index in [0.29, 0.717) is 10.2 Å². The van der Waals surface area contributed by atoms with E-state index in [1.165, 1.54) is 4.80 Å². The van der Waals surface area contributed by atoms with Gasteiger partial charge in [0.25, 0.3) is 0 Å². The van der Waals surface area contributed by atoms with Crippen LogP contribution in [0.15, 0.2) is 0 Å². The quantitative estimate of drug-likeness (QED) is 0.792. The summed E-state index contributed by atoms with van der Waals surface area (Å²) in [6.07, 6.45) is 3.15. The summed E-state index contributed by atoms with van der Waals surface area (Å²) < 4.78 is 0. The van der Waals surface area contributed by atoms with E-state index < -0.39 is 0 Å². The average Bonchev–Trinajstić information content (AvgIpc) is 2.49. The molecule has 0 bridgehead atoms. The molecule has 0 saturated heterocycles. The zero-order chi connectivity index (χ0) is 11.5. The standard InChI is InChI=1S/C10H19BrN4/c1-10(2,3)8(11)6-5-7-9-12-14-15(4)13-9/h8H,5-7H2,1-4H3. The van der Waals surface area contributed by atoms with Gasteiger partial charge in [0.2, 0.25) is 0 Å². The number of aryl methyl sites for hydroxylation is 2. The Balaban J connectivity index is 2.28. The molecule has 0 aromatic carbocycles. The molecule has 1 heterocycles. The second kappa shape index (κ2) is 5.05. The Morgan fingerprint density at radius 1 is 1.40 bits per heavy atom. The molecule has 86 valence electrons. The first-order chi connectivity index (χ1) is 6.89. The minimum Gasteiger partial charge on any atom is -0.167 e. The molecular weight excluding hydrogens is 256 g/mol. The van der Waals surface area contributed by atoms with Crippen molar-refractivity contribution in [2.24, 2.45) is 12.5 Å². The molecular formula is C10H19BrN4.